The molecule has 0 unspecified atom stereocenters. The third-order valence-corrected chi connectivity index (χ3v) is 4.52. The van der Waals surface area contributed by atoms with Crippen LogP contribution < -0.4 is 0 Å². The first-order valence-electron chi connectivity index (χ1n) is 8.30. The van der Waals surface area contributed by atoms with Gasteiger partial charge in [0, 0.05) is 10.9 Å². The van der Waals surface area contributed by atoms with Crippen molar-refractivity contribution in [2.45, 2.75) is 20.0 Å². The van der Waals surface area contributed by atoms with Crippen LogP contribution in [-0.4, -0.2) is 5.97 Å². The highest BCUT2D eigenvalue weighted by molar-refractivity contribution is 6.08. The van der Waals surface area contributed by atoms with Crippen molar-refractivity contribution in [1.29, 1.82) is 0 Å². The first kappa shape index (κ1) is 15.5. The molecule has 0 bridgehead atoms. The van der Waals surface area contributed by atoms with Gasteiger partial charge in [0.05, 0.1) is 12.7 Å². The van der Waals surface area contributed by atoms with E-state index in [1.165, 1.54) is 0 Å². The maximum Gasteiger partial charge on any atom is 0.310 e. The fourth-order valence-corrected chi connectivity index (χ4v) is 3.14. The lowest BCUT2D eigenvalue weighted by atomic mass is 10.0. The van der Waals surface area contributed by atoms with E-state index in [0.29, 0.717) is 6.61 Å². The van der Waals surface area contributed by atoms with Gasteiger partial charge >= 0.3 is 5.97 Å². The molecule has 124 valence electrons. The highest BCUT2D eigenvalue weighted by atomic mass is 16.5. The van der Waals surface area contributed by atoms with Crippen molar-refractivity contribution in [2.24, 2.45) is 0 Å². The quantitative estimate of drug-likeness (QED) is 0.484. The van der Waals surface area contributed by atoms with Crippen LogP contribution >= 0.6 is 0 Å². The number of ether oxygens (including phenoxy) is 1. The van der Waals surface area contributed by atoms with Crippen molar-refractivity contribution in [3.05, 3.63) is 83.6 Å². The van der Waals surface area contributed by atoms with Crippen LogP contribution in [0.4, 0.5) is 0 Å². The van der Waals surface area contributed by atoms with Crippen molar-refractivity contribution in [2.75, 3.05) is 0 Å². The molecule has 1 heterocycles. The summed E-state index contributed by atoms with van der Waals surface area (Å²) in [5.74, 6) is -0.251. The molecule has 0 atom stereocenters. The zero-order valence-electron chi connectivity index (χ0n) is 14.0. The number of carbonyl (C=O) groups is 1. The van der Waals surface area contributed by atoms with Gasteiger partial charge in [0.2, 0.25) is 0 Å². The summed E-state index contributed by atoms with van der Waals surface area (Å²) in [5.41, 5.74) is 3.80. The maximum absolute atomic E-state index is 12.3. The second-order valence-corrected chi connectivity index (χ2v) is 6.18. The average molecular weight is 330 g/mol. The van der Waals surface area contributed by atoms with Crippen molar-refractivity contribution in [3.63, 3.8) is 0 Å². The molecule has 0 N–H and O–H groups in total. The minimum atomic E-state index is -0.251. The van der Waals surface area contributed by atoms with Crippen LogP contribution in [0.3, 0.4) is 0 Å². The van der Waals surface area contributed by atoms with E-state index in [9.17, 15) is 4.79 Å². The largest absolute Gasteiger partial charge is 0.464 e. The molecule has 3 aromatic carbocycles. The Bertz CT molecular complexity index is 1060. The van der Waals surface area contributed by atoms with E-state index in [2.05, 4.69) is 12.1 Å². The van der Waals surface area contributed by atoms with Gasteiger partial charge in [-0.05, 0) is 34.9 Å². The van der Waals surface area contributed by atoms with Crippen LogP contribution in [0.1, 0.15) is 16.7 Å². The maximum atomic E-state index is 12.3. The van der Waals surface area contributed by atoms with E-state index in [1.807, 2.05) is 55.5 Å². The second kappa shape index (κ2) is 6.44. The minimum absolute atomic E-state index is 0.201. The van der Waals surface area contributed by atoms with Crippen LogP contribution in [-0.2, 0) is 22.6 Å². The molecule has 0 radical (unpaired) electrons. The molecule has 0 fully saturated rings. The lowest BCUT2D eigenvalue weighted by molar-refractivity contribution is -0.144. The summed E-state index contributed by atoms with van der Waals surface area (Å²) in [6, 6.07) is 20.0. The summed E-state index contributed by atoms with van der Waals surface area (Å²) in [6.07, 6.45) is 1.86. The Kier molecular flexibility index (Phi) is 3.98. The Labute approximate surface area is 145 Å². The summed E-state index contributed by atoms with van der Waals surface area (Å²) in [7, 11) is 0. The van der Waals surface area contributed by atoms with E-state index in [1.54, 1.807) is 6.26 Å². The number of carbonyl (C=O) groups excluding carboxylic acids is 1. The van der Waals surface area contributed by atoms with Crippen molar-refractivity contribution in [1.82, 2.24) is 0 Å². The van der Waals surface area contributed by atoms with Gasteiger partial charge in [-0.25, -0.2) is 0 Å². The van der Waals surface area contributed by atoms with Crippen LogP contribution in [0.2, 0.25) is 0 Å². The number of furan rings is 1. The minimum Gasteiger partial charge on any atom is -0.464 e. The van der Waals surface area contributed by atoms with Gasteiger partial charge in [0.15, 0.2) is 0 Å². The molecule has 0 aliphatic rings. The Morgan fingerprint density at radius 3 is 2.64 bits per heavy atom. The number of hydrogen-bond donors (Lipinski definition) is 0. The van der Waals surface area contributed by atoms with E-state index in [4.69, 9.17) is 9.15 Å². The van der Waals surface area contributed by atoms with E-state index >= 15 is 0 Å². The standard InChI is InChI=1S/C22H18O3/c1-15-6-2-3-8-17(15)13-25-21(23)12-18-14-24-20-11-10-16-7-4-5-9-19(16)22(18)20/h2-11,14H,12-13H2,1H3. The molecule has 0 aliphatic carbocycles. The lowest BCUT2D eigenvalue weighted by Crippen LogP contribution is -2.08. The predicted molar refractivity (Wildman–Crippen MR) is 98.4 cm³/mol. The molecule has 4 rings (SSSR count). The molecular weight excluding hydrogens is 312 g/mol. The molecular formula is C22H18O3. The zero-order chi connectivity index (χ0) is 17.2. The van der Waals surface area contributed by atoms with Crippen molar-refractivity contribution < 1.29 is 13.9 Å². The van der Waals surface area contributed by atoms with E-state index in [0.717, 1.165) is 38.4 Å². The monoisotopic (exact) mass is 330 g/mol. The molecule has 0 amide bonds. The molecule has 3 heteroatoms. The molecule has 0 saturated heterocycles. The molecule has 4 aromatic rings. The third-order valence-electron chi connectivity index (χ3n) is 4.52. The third kappa shape index (κ3) is 3.01. The van der Waals surface area contributed by atoms with E-state index < -0.39 is 0 Å². The Balaban J connectivity index is 1.57. The molecule has 1 aromatic heterocycles. The Hall–Kier alpha value is -3.07. The van der Waals surface area contributed by atoms with Gasteiger partial charge in [-0.3, -0.25) is 4.79 Å². The fraction of sp³-hybridized carbons (Fsp3) is 0.136. The van der Waals surface area contributed by atoms with Crippen LogP contribution in [0, 0.1) is 6.92 Å². The number of benzene rings is 3. The fourth-order valence-electron chi connectivity index (χ4n) is 3.14. The van der Waals surface area contributed by atoms with Crippen LogP contribution in [0.25, 0.3) is 21.7 Å². The first-order chi connectivity index (χ1) is 12.2. The number of rotatable bonds is 4. The normalized spacial score (nSPS) is 11.1. The van der Waals surface area contributed by atoms with Gasteiger partial charge in [0.25, 0.3) is 0 Å². The molecule has 3 nitrogen and oxygen atoms in total. The SMILES string of the molecule is Cc1ccccc1COC(=O)Cc1coc2ccc3ccccc3c12. The highest BCUT2D eigenvalue weighted by Gasteiger charge is 2.14. The van der Waals surface area contributed by atoms with Gasteiger partial charge < -0.3 is 9.15 Å². The zero-order valence-corrected chi connectivity index (χ0v) is 14.0. The van der Waals surface area contributed by atoms with Crippen LogP contribution in [0.15, 0.2) is 71.3 Å². The topological polar surface area (TPSA) is 39.4 Å². The molecule has 0 aliphatic heterocycles. The number of esters is 1. The van der Waals surface area contributed by atoms with Crippen molar-refractivity contribution >= 4 is 27.7 Å². The molecule has 25 heavy (non-hydrogen) atoms. The summed E-state index contributed by atoms with van der Waals surface area (Å²) in [5, 5.41) is 3.22. The predicted octanol–water partition coefficient (Wildman–Crippen LogP) is 5.18. The smallest absolute Gasteiger partial charge is 0.310 e. The highest BCUT2D eigenvalue weighted by Crippen LogP contribution is 2.30. The Morgan fingerprint density at radius 1 is 0.960 bits per heavy atom. The number of aryl methyl sites for hydroxylation is 1. The Morgan fingerprint density at radius 2 is 1.76 bits per heavy atom. The van der Waals surface area contributed by atoms with Crippen LogP contribution in [0.5, 0.6) is 0 Å². The summed E-state index contributed by atoms with van der Waals surface area (Å²) >= 11 is 0. The van der Waals surface area contributed by atoms with Crippen molar-refractivity contribution in [3.8, 4) is 0 Å². The summed E-state index contributed by atoms with van der Waals surface area (Å²) in [4.78, 5) is 12.3. The number of fused-ring (bicyclic) bond motifs is 3. The van der Waals surface area contributed by atoms with Gasteiger partial charge in [-0.1, -0.05) is 54.6 Å². The van der Waals surface area contributed by atoms with E-state index in [-0.39, 0.29) is 12.4 Å². The summed E-state index contributed by atoms with van der Waals surface area (Å²) in [6.45, 7) is 2.31. The lowest BCUT2D eigenvalue weighted by Gasteiger charge is -2.07. The number of hydrogen-bond acceptors (Lipinski definition) is 3. The molecule has 0 spiro atoms. The van der Waals surface area contributed by atoms with Gasteiger partial charge in [-0.2, -0.15) is 0 Å². The van der Waals surface area contributed by atoms with Gasteiger partial charge in [-0.15, -0.1) is 0 Å². The first-order valence-corrected chi connectivity index (χ1v) is 8.30. The second-order valence-electron chi connectivity index (χ2n) is 6.18. The molecule has 0 saturated carbocycles. The average Bonchev–Trinajstić information content (AvgIpc) is 3.04. The summed E-state index contributed by atoms with van der Waals surface area (Å²) < 4.78 is 11.1. The van der Waals surface area contributed by atoms with Gasteiger partial charge in [0.1, 0.15) is 12.2 Å².